The summed E-state index contributed by atoms with van der Waals surface area (Å²) >= 11 is 0. The quantitative estimate of drug-likeness (QED) is 0.388. The highest BCUT2D eigenvalue weighted by atomic mass is 16.2. The standard InChI is InChI=1S/C28H24N2O2/c1-19-11-15-21(16-12-19)29-27(31)25-9-5-3-7-23(25)24-8-4-6-10-26(24)28(32)30-22-17-13-20(2)14-18-22/h3-18H,1-2H3,(H,29,31)(H,30,32). The Morgan fingerprint density at radius 1 is 0.500 bits per heavy atom. The van der Waals surface area contributed by atoms with Crippen molar-refractivity contribution in [1.29, 1.82) is 0 Å². The smallest absolute Gasteiger partial charge is 0.256 e. The molecular weight excluding hydrogens is 396 g/mol. The van der Waals surface area contributed by atoms with Gasteiger partial charge < -0.3 is 10.6 Å². The van der Waals surface area contributed by atoms with E-state index in [0.717, 1.165) is 22.5 Å². The van der Waals surface area contributed by atoms with Crippen molar-refractivity contribution in [2.24, 2.45) is 0 Å². The highest BCUT2D eigenvalue weighted by Crippen LogP contribution is 2.28. The lowest BCUT2D eigenvalue weighted by Crippen LogP contribution is -2.16. The molecule has 4 rings (SSSR count). The number of benzene rings is 4. The van der Waals surface area contributed by atoms with Gasteiger partial charge in [-0.1, -0.05) is 71.8 Å². The number of amides is 2. The predicted octanol–water partition coefficient (Wildman–Crippen LogP) is 6.48. The van der Waals surface area contributed by atoms with Crippen LogP contribution in [-0.2, 0) is 0 Å². The Balaban J connectivity index is 1.66. The summed E-state index contributed by atoms with van der Waals surface area (Å²) in [6.45, 7) is 4.00. The first kappa shape index (κ1) is 21.1. The zero-order chi connectivity index (χ0) is 22.5. The van der Waals surface area contributed by atoms with Crippen LogP contribution >= 0.6 is 0 Å². The molecule has 0 fully saturated rings. The fourth-order valence-electron chi connectivity index (χ4n) is 3.50. The van der Waals surface area contributed by atoms with Crippen molar-refractivity contribution in [2.75, 3.05) is 10.6 Å². The molecule has 0 bridgehead atoms. The van der Waals surface area contributed by atoms with Crippen LogP contribution < -0.4 is 10.6 Å². The third-order valence-electron chi connectivity index (χ3n) is 5.25. The van der Waals surface area contributed by atoms with E-state index in [-0.39, 0.29) is 11.8 Å². The van der Waals surface area contributed by atoms with E-state index in [9.17, 15) is 9.59 Å². The molecule has 32 heavy (non-hydrogen) atoms. The van der Waals surface area contributed by atoms with E-state index >= 15 is 0 Å². The third-order valence-corrected chi connectivity index (χ3v) is 5.25. The van der Waals surface area contributed by atoms with Crippen LogP contribution in [0.3, 0.4) is 0 Å². The largest absolute Gasteiger partial charge is 0.322 e. The van der Waals surface area contributed by atoms with Crippen LogP contribution in [0.5, 0.6) is 0 Å². The Bertz CT molecular complexity index is 1160. The summed E-state index contributed by atoms with van der Waals surface area (Å²) in [6, 6.07) is 29.9. The lowest BCUT2D eigenvalue weighted by atomic mass is 9.94. The average Bonchev–Trinajstić information content (AvgIpc) is 2.82. The summed E-state index contributed by atoms with van der Waals surface area (Å²) in [5.74, 6) is -0.448. The molecule has 4 aromatic rings. The van der Waals surface area contributed by atoms with Crippen molar-refractivity contribution in [3.05, 3.63) is 119 Å². The van der Waals surface area contributed by atoms with Gasteiger partial charge in [-0.05, 0) is 61.4 Å². The summed E-state index contributed by atoms with van der Waals surface area (Å²) in [5.41, 5.74) is 6.10. The molecule has 4 aromatic carbocycles. The summed E-state index contributed by atoms with van der Waals surface area (Å²) < 4.78 is 0. The Morgan fingerprint density at radius 2 is 0.844 bits per heavy atom. The molecule has 0 aliphatic carbocycles. The minimum Gasteiger partial charge on any atom is -0.322 e. The van der Waals surface area contributed by atoms with E-state index in [1.54, 1.807) is 12.1 Å². The first-order chi connectivity index (χ1) is 15.5. The molecule has 0 radical (unpaired) electrons. The maximum absolute atomic E-state index is 13.1. The molecule has 0 aliphatic heterocycles. The van der Waals surface area contributed by atoms with Gasteiger partial charge in [-0.3, -0.25) is 9.59 Å². The predicted molar refractivity (Wildman–Crippen MR) is 130 cm³/mol. The van der Waals surface area contributed by atoms with Crippen LogP contribution in [-0.4, -0.2) is 11.8 Å². The molecule has 158 valence electrons. The van der Waals surface area contributed by atoms with E-state index in [1.165, 1.54) is 0 Å². The van der Waals surface area contributed by atoms with Crippen molar-refractivity contribution in [3.8, 4) is 11.1 Å². The first-order valence-corrected chi connectivity index (χ1v) is 10.5. The van der Waals surface area contributed by atoms with Crippen LogP contribution in [0.25, 0.3) is 11.1 Å². The van der Waals surface area contributed by atoms with Gasteiger partial charge in [0.25, 0.3) is 11.8 Å². The monoisotopic (exact) mass is 420 g/mol. The SMILES string of the molecule is Cc1ccc(NC(=O)c2ccccc2-c2ccccc2C(=O)Nc2ccc(C)cc2)cc1. The van der Waals surface area contributed by atoms with E-state index in [0.29, 0.717) is 22.3 Å². The van der Waals surface area contributed by atoms with Crippen LogP contribution in [0.2, 0.25) is 0 Å². The summed E-state index contributed by atoms with van der Waals surface area (Å²) in [4.78, 5) is 26.2. The van der Waals surface area contributed by atoms with Crippen LogP contribution in [0.15, 0.2) is 97.1 Å². The minimum atomic E-state index is -0.224. The number of aryl methyl sites for hydroxylation is 2. The molecular formula is C28H24N2O2. The molecule has 0 aromatic heterocycles. The second-order valence-corrected chi connectivity index (χ2v) is 7.73. The van der Waals surface area contributed by atoms with Crippen LogP contribution in [0.4, 0.5) is 11.4 Å². The van der Waals surface area contributed by atoms with Gasteiger partial charge in [-0.25, -0.2) is 0 Å². The number of carbonyl (C=O) groups is 2. The van der Waals surface area contributed by atoms with Gasteiger partial charge in [0.15, 0.2) is 0 Å². The molecule has 0 saturated heterocycles. The van der Waals surface area contributed by atoms with Gasteiger partial charge in [-0.2, -0.15) is 0 Å². The first-order valence-electron chi connectivity index (χ1n) is 10.5. The Morgan fingerprint density at radius 3 is 1.22 bits per heavy atom. The van der Waals surface area contributed by atoms with Gasteiger partial charge in [0.1, 0.15) is 0 Å². The number of anilines is 2. The van der Waals surface area contributed by atoms with Crippen molar-refractivity contribution in [3.63, 3.8) is 0 Å². The van der Waals surface area contributed by atoms with Crippen molar-refractivity contribution >= 4 is 23.2 Å². The van der Waals surface area contributed by atoms with Gasteiger partial charge in [0.2, 0.25) is 0 Å². The van der Waals surface area contributed by atoms with Crippen LogP contribution in [0, 0.1) is 13.8 Å². The van der Waals surface area contributed by atoms with Gasteiger partial charge >= 0.3 is 0 Å². The van der Waals surface area contributed by atoms with Crippen molar-refractivity contribution in [2.45, 2.75) is 13.8 Å². The van der Waals surface area contributed by atoms with E-state index in [2.05, 4.69) is 10.6 Å². The summed E-state index contributed by atoms with van der Waals surface area (Å²) in [7, 11) is 0. The molecule has 2 amide bonds. The Labute approximate surface area is 187 Å². The molecule has 4 nitrogen and oxygen atoms in total. The molecule has 0 saturated carbocycles. The number of rotatable bonds is 5. The van der Waals surface area contributed by atoms with Gasteiger partial charge in [0.05, 0.1) is 0 Å². The number of carbonyl (C=O) groups excluding carboxylic acids is 2. The fourth-order valence-corrected chi connectivity index (χ4v) is 3.50. The zero-order valence-corrected chi connectivity index (χ0v) is 18.1. The highest BCUT2D eigenvalue weighted by Gasteiger charge is 2.18. The maximum atomic E-state index is 13.1. The van der Waals surface area contributed by atoms with Crippen molar-refractivity contribution < 1.29 is 9.59 Å². The van der Waals surface area contributed by atoms with E-state index in [1.807, 2.05) is 98.8 Å². The average molecular weight is 421 g/mol. The lowest BCUT2D eigenvalue weighted by molar-refractivity contribution is 0.101. The number of hydrogen-bond donors (Lipinski definition) is 2. The molecule has 0 aliphatic rings. The van der Waals surface area contributed by atoms with E-state index in [4.69, 9.17) is 0 Å². The zero-order valence-electron chi connectivity index (χ0n) is 18.1. The lowest BCUT2D eigenvalue weighted by Gasteiger charge is -2.14. The fraction of sp³-hybridized carbons (Fsp3) is 0.0714. The second-order valence-electron chi connectivity index (χ2n) is 7.73. The van der Waals surface area contributed by atoms with Gasteiger partial charge in [0, 0.05) is 22.5 Å². The summed E-state index contributed by atoms with van der Waals surface area (Å²) in [6.07, 6.45) is 0. The van der Waals surface area contributed by atoms with Crippen LogP contribution in [0.1, 0.15) is 31.8 Å². The molecule has 0 heterocycles. The number of hydrogen-bond acceptors (Lipinski definition) is 2. The third kappa shape index (κ3) is 4.76. The van der Waals surface area contributed by atoms with E-state index < -0.39 is 0 Å². The van der Waals surface area contributed by atoms with Gasteiger partial charge in [-0.15, -0.1) is 0 Å². The Hall–Kier alpha value is -4.18. The molecule has 4 heteroatoms. The summed E-state index contributed by atoms with van der Waals surface area (Å²) in [5, 5.41) is 5.90. The molecule has 0 atom stereocenters. The van der Waals surface area contributed by atoms with Crippen molar-refractivity contribution in [1.82, 2.24) is 0 Å². The Kier molecular flexibility index (Phi) is 6.13. The molecule has 2 N–H and O–H groups in total. The minimum absolute atomic E-state index is 0.224. The normalized spacial score (nSPS) is 10.4. The second kappa shape index (κ2) is 9.31. The number of nitrogens with one attached hydrogen (secondary N) is 2. The highest BCUT2D eigenvalue weighted by molar-refractivity contribution is 6.13. The molecule has 0 unspecified atom stereocenters. The maximum Gasteiger partial charge on any atom is 0.256 e. The molecule has 0 spiro atoms. The topological polar surface area (TPSA) is 58.2 Å².